The first kappa shape index (κ1) is 16.7. The predicted octanol–water partition coefficient (Wildman–Crippen LogP) is 2.69. The molecule has 0 radical (unpaired) electrons. The number of nitrogens with two attached hydrogens (primary N) is 1. The van der Waals surface area contributed by atoms with Gasteiger partial charge in [-0.2, -0.15) is 0 Å². The lowest BCUT2D eigenvalue weighted by Gasteiger charge is -2.06. The van der Waals surface area contributed by atoms with Gasteiger partial charge in [0.05, 0.1) is 12.2 Å². The second-order valence-corrected chi connectivity index (χ2v) is 5.72. The third kappa shape index (κ3) is 5.30. The van der Waals surface area contributed by atoms with Crippen molar-refractivity contribution in [3.8, 4) is 0 Å². The molecular weight excluding hydrogens is 276 g/mol. The smallest absolute Gasteiger partial charge is 0.341 e. The zero-order valence-electron chi connectivity index (χ0n) is 12.0. The number of anilines is 1. The van der Waals surface area contributed by atoms with E-state index in [1.54, 1.807) is 13.0 Å². The molecule has 1 aromatic heterocycles. The molecule has 0 aliphatic rings. The molecule has 0 saturated carbocycles. The summed E-state index contributed by atoms with van der Waals surface area (Å²) in [5, 5.41) is 3.37. The van der Waals surface area contributed by atoms with E-state index < -0.39 is 5.97 Å². The summed E-state index contributed by atoms with van der Waals surface area (Å²) in [6.07, 6.45) is 3.12. The average Bonchev–Trinajstić information content (AvgIpc) is 2.76. The molecule has 3 N–H and O–H groups in total. The van der Waals surface area contributed by atoms with Gasteiger partial charge in [-0.3, -0.25) is 4.79 Å². The molecule has 0 spiro atoms. The molecule has 0 fully saturated rings. The highest BCUT2D eigenvalue weighted by Gasteiger charge is 2.17. The highest BCUT2D eigenvalue weighted by molar-refractivity contribution is 7.16. The van der Waals surface area contributed by atoms with E-state index >= 15 is 0 Å². The summed E-state index contributed by atoms with van der Waals surface area (Å²) in [6, 6.07) is 1.74. The molecule has 0 aliphatic carbocycles. The Bertz CT molecular complexity index is 457. The Labute approximate surface area is 123 Å². The fraction of sp³-hybridized carbons (Fsp3) is 0.571. The standard InChI is InChI=1S/C14H22N2O3S/c1-3-19-14(18)11-9-10(2)20-13(11)16-12(17)7-5-4-6-8-15/h9H,3-8,15H2,1-2H3,(H,16,17). The largest absolute Gasteiger partial charge is 0.462 e. The quantitative estimate of drug-likeness (QED) is 0.571. The Balaban J connectivity index is 2.58. The predicted molar refractivity (Wildman–Crippen MR) is 81.2 cm³/mol. The van der Waals surface area contributed by atoms with Gasteiger partial charge in [0.15, 0.2) is 0 Å². The molecule has 0 atom stereocenters. The van der Waals surface area contributed by atoms with Crippen LogP contribution in [0.15, 0.2) is 6.07 Å². The molecule has 6 heteroatoms. The van der Waals surface area contributed by atoms with Gasteiger partial charge in [0, 0.05) is 11.3 Å². The van der Waals surface area contributed by atoms with Crippen molar-refractivity contribution >= 4 is 28.2 Å². The number of ether oxygens (including phenoxy) is 1. The van der Waals surface area contributed by atoms with Crippen molar-refractivity contribution in [2.75, 3.05) is 18.5 Å². The van der Waals surface area contributed by atoms with Crippen molar-refractivity contribution in [1.82, 2.24) is 0 Å². The number of amides is 1. The monoisotopic (exact) mass is 298 g/mol. The lowest BCUT2D eigenvalue weighted by Crippen LogP contribution is -2.13. The Hall–Kier alpha value is -1.40. The van der Waals surface area contributed by atoms with E-state index in [0.717, 1.165) is 24.1 Å². The van der Waals surface area contributed by atoms with E-state index in [4.69, 9.17) is 10.5 Å². The molecule has 1 amide bonds. The van der Waals surface area contributed by atoms with Crippen LogP contribution < -0.4 is 11.1 Å². The fourth-order valence-electron chi connectivity index (χ4n) is 1.76. The second kappa shape index (κ2) is 8.71. The lowest BCUT2D eigenvalue weighted by atomic mass is 10.2. The molecule has 0 bridgehead atoms. The SMILES string of the molecule is CCOC(=O)c1cc(C)sc1NC(=O)CCCCCN. The van der Waals surface area contributed by atoms with Crippen LogP contribution in [0.4, 0.5) is 5.00 Å². The molecule has 0 unspecified atom stereocenters. The summed E-state index contributed by atoms with van der Waals surface area (Å²) in [6.45, 7) is 4.62. The maximum absolute atomic E-state index is 11.8. The van der Waals surface area contributed by atoms with E-state index in [1.807, 2.05) is 6.92 Å². The van der Waals surface area contributed by atoms with Crippen molar-refractivity contribution in [2.45, 2.75) is 39.5 Å². The van der Waals surface area contributed by atoms with Gasteiger partial charge >= 0.3 is 5.97 Å². The summed E-state index contributed by atoms with van der Waals surface area (Å²) < 4.78 is 4.98. The van der Waals surface area contributed by atoms with Crippen LogP contribution in [-0.2, 0) is 9.53 Å². The van der Waals surface area contributed by atoms with Gasteiger partial charge in [0.1, 0.15) is 5.00 Å². The third-order valence-corrected chi connectivity index (χ3v) is 3.68. The van der Waals surface area contributed by atoms with Gasteiger partial charge in [-0.05, 0) is 39.3 Å². The topological polar surface area (TPSA) is 81.4 Å². The molecule has 1 heterocycles. The van der Waals surface area contributed by atoms with E-state index in [0.29, 0.717) is 30.1 Å². The summed E-state index contributed by atoms with van der Waals surface area (Å²) in [4.78, 5) is 24.6. The van der Waals surface area contributed by atoms with Gasteiger partial charge in [0.2, 0.25) is 5.91 Å². The van der Waals surface area contributed by atoms with Crippen LogP contribution in [0.25, 0.3) is 0 Å². The zero-order chi connectivity index (χ0) is 15.0. The Morgan fingerprint density at radius 2 is 2.10 bits per heavy atom. The van der Waals surface area contributed by atoms with Crippen LogP contribution in [0.5, 0.6) is 0 Å². The molecule has 0 aliphatic heterocycles. The number of rotatable bonds is 8. The molecule has 20 heavy (non-hydrogen) atoms. The van der Waals surface area contributed by atoms with Gasteiger partial charge in [-0.25, -0.2) is 4.79 Å². The minimum Gasteiger partial charge on any atom is -0.462 e. The molecular formula is C14H22N2O3S. The minimum atomic E-state index is -0.393. The Morgan fingerprint density at radius 3 is 2.75 bits per heavy atom. The number of unbranched alkanes of at least 4 members (excludes halogenated alkanes) is 2. The van der Waals surface area contributed by atoms with E-state index in [9.17, 15) is 9.59 Å². The molecule has 1 rings (SSSR count). The van der Waals surface area contributed by atoms with Gasteiger partial charge < -0.3 is 15.8 Å². The molecule has 1 aromatic rings. The van der Waals surface area contributed by atoms with Crippen LogP contribution in [-0.4, -0.2) is 25.0 Å². The van der Waals surface area contributed by atoms with Gasteiger partial charge in [-0.1, -0.05) is 6.42 Å². The van der Waals surface area contributed by atoms with E-state index in [-0.39, 0.29) is 5.91 Å². The fourth-order valence-corrected chi connectivity index (χ4v) is 2.68. The van der Waals surface area contributed by atoms with Crippen molar-refractivity contribution in [3.05, 3.63) is 16.5 Å². The molecule has 5 nitrogen and oxygen atoms in total. The number of hydrogen-bond acceptors (Lipinski definition) is 5. The second-order valence-electron chi connectivity index (χ2n) is 4.47. The summed E-state index contributed by atoms with van der Waals surface area (Å²) in [5.41, 5.74) is 5.84. The maximum atomic E-state index is 11.8. The normalized spacial score (nSPS) is 10.3. The number of aryl methyl sites for hydroxylation is 1. The van der Waals surface area contributed by atoms with Crippen molar-refractivity contribution in [1.29, 1.82) is 0 Å². The molecule has 0 saturated heterocycles. The number of hydrogen-bond donors (Lipinski definition) is 2. The Kier molecular flexibility index (Phi) is 7.25. The van der Waals surface area contributed by atoms with E-state index in [1.165, 1.54) is 11.3 Å². The molecule has 0 aromatic carbocycles. The molecule has 112 valence electrons. The minimum absolute atomic E-state index is 0.0746. The maximum Gasteiger partial charge on any atom is 0.341 e. The third-order valence-electron chi connectivity index (χ3n) is 2.71. The highest BCUT2D eigenvalue weighted by Crippen LogP contribution is 2.28. The number of carbonyl (C=O) groups excluding carboxylic acids is 2. The lowest BCUT2D eigenvalue weighted by molar-refractivity contribution is -0.116. The first-order valence-electron chi connectivity index (χ1n) is 6.86. The first-order valence-corrected chi connectivity index (χ1v) is 7.67. The van der Waals surface area contributed by atoms with Crippen molar-refractivity contribution < 1.29 is 14.3 Å². The zero-order valence-corrected chi connectivity index (χ0v) is 12.8. The van der Waals surface area contributed by atoms with Crippen LogP contribution >= 0.6 is 11.3 Å². The van der Waals surface area contributed by atoms with Crippen LogP contribution in [0.3, 0.4) is 0 Å². The summed E-state index contributed by atoms with van der Waals surface area (Å²) in [5.74, 6) is -0.468. The van der Waals surface area contributed by atoms with Crippen LogP contribution in [0.2, 0.25) is 0 Å². The summed E-state index contributed by atoms with van der Waals surface area (Å²) >= 11 is 1.39. The average molecular weight is 298 g/mol. The number of nitrogens with one attached hydrogen (secondary N) is 1. The highest BCUT2D eigenvalue weighted by atomic mass is 32.1. The van der Waals surface area contributed by atoms with Crippen LogP contribution in [0, 0.1) is 6.92 Å². The number of esters is 1. The van der Waals surface area contributed by atoms with E-state index in [2.05, 4.69) is 5.32 Å². The first-order chi connectivity index (χ1) is 9.58. The number of thiophene rings is 1. The van der Waals surface area contributed by atoms with Crippen LogP contribution in [0.1, 0.15) is 47.8 Å². The summed E-state index contributed by atoms with van der Waals surface area (Å²) in [7, 11) is 0. The van der Waals surface area contributed by atoms with Crippen molar-refractivity contribution in [2.24, 2.45) is 5.73 Å². The number of carbonyl (C=O) groups is 2. The van der Waals surface area contributed by atoms with Gasteiger partial charge in [-0.15, -0.1) is 11.3 Å². The van der Waals surface area contributed by atoms with Gasteiger partial charge in [0.25, 0.3) is 0 Å². The Morgan fingerprint density at radius 1 is 1.35 bits per heavy atom. The van der Waals surface area contributed by atoms with Crippen molar-refractivity contribution in [3.63, 3.8) is 0 Å².